The van der Waals surface area contributed by atoms with Gasteiger partial charge in [-0.05, 0) is 6.07 Å². The highest BCUT2D eigenvalue weighted by Gasteiger charge is 2.09. The Morgan fingerprint density at radius 2 is 2.14 bits per heavy atom. The van der Waals surface area contributed by atoms with Gasteiger partial charge in [-0.25, -0.2) is 4.79 Å². The maximum absolute atomic E-state index is 10.8. The molecule has 6 heteroatoms. The van der Waals surface area contributed by atoms with Gasteiger partial charge in [-0.2, -0.15) is 0 Å². The van der Waals surface area contributed by atoms with Crippen LogP contribution < -0.4 is 10.9 Å². The minimum atomic E-state index is -1.55. The lowest BCUT2D eigenvalue weighted by atomic mass is 10.3. The van der Waals surface area contributed by atoms with E-state index < -0.39 is 11.9 Å². The molecule has 0 unspecified atom stereocenters. The van der Waals surface area contributed by atoms with Crippen molar-refractivity contribution in [2.75, 3.05) is 0 Å². The highest BCUT2D eigenvalue weighted by molar-refractivity contribution is 6.31. The van der Waals surface area contributed by atoms with Crippen molar-refractivity contribution in [2.45, 2.75) is 6.54 Å². The van der Waals surface area contributed by atoms with Crippen LogP contribution in [0.1, 0.15) is 5.69 Å². The van der Waals surface area contributed by atoms with Crippen molar-refractivity contribution in [3.63, 3.8) is 0 Å². The Bertz CT molecular complexity index is 410. The van der Waals surface area contributed by atoms with Crippen LogP contribution in [0.25, 0.3) is 0 Å². The summed E-state index contributed by atoms with van der Waals surface area (Å²) in [6, 6.07) is 4.41. The molecule has 0 aliphatic carbocycles. The molecule has 0 fully saturated rings. The number of rotatable bonds is 2. The Morgan fingerprint density at radius 3 is 2.71 bits per heavy atom. The fourth-order valence-corrected chi connectivity index (χ4v) is 0.847. The minimum absolute atomic E-state index is 0.0127. The van der Waals surface area contributed by atoms with Gasteiger partial charge in [-0.3, -0.25) is 9.59 Å². The summed E-state index contributed by atoms with van der Waals surface area (Å²) < 4.78 is 0. The van der Waals surface area contributed by atoms with Crippen molar-refractivity contribution < 1.29 is 14.7 Å². The lowest BCUT2D eigenvalue weighted by Crippen LogP contribution is -2.30. The predicted molar refractivity (Wildman–Crippen MR) is 46.5 cm³/mol. The van der Waals surface area contributed by atoms with Gasteiger partial charge in [-0.15, -0.1) is 0 Å². The van der Waals surface area contributed by atoms with Crippen molar-refractivity contribution in [3.8, 4) is 0 Å². The van der Waals surface area contributed by atoms with Crippen LogP contribution in [0.2, 0.25) is 0 Å². The summed E-state index contributed by atoms with van der Waals surface area (Å²) in [6.07, 6.45) is 0. The number of carbonyl (C=O) groups is 2. The standard InChI is InChI=1S/C8H8N2O4/c11-6-3-1-2-5(10-6)4-9-7(12)8(13)14/h1-3H,4H2,(H,9,12)(H,10,11)(H,13,14). The minimum Gasteiger partial charge on any atom is -0.474 e. The number of amides is 1. The molecule has 1 heterocycles. The first-order valence-electron chi connectivity index (χ1n) is 3.79. The van der Waals surface area contributed by atoms with E-state index in [1.54, 1.807) is 6.07 Å². The van der Waals surface area contributed by atoms with E-state index in [4.69, 9.17) is 5.11 Å². The number of aromatic amines is 1. The zero-order valence-electron chi connectivity index (χ0n) is 7.11. The maximum atomic E-state index is 10.8. The van der Waals surface area contributed by atoms with Gasteiger partial charge in [0, 0.05) is 11.8 Å². The quantitative estimate of drug-likeness (QED) is 0.532. The molecule has 74 valence electrons. The molecular formula is C8H8N2O4. The topological polar surface area (TPSA) is 99.3 Å². The zero-order valence-corrected chi connectivity index (χ0v) is 7.11. The van der Waals surface area contributed by atoms with E-state index in [2.05, 4.69) is 10.3 Å². The molecule has 1 rings (SSSR count). The first-order chi connectivity index (χ1) is 6.59. The van der Waals surface area contributed by atoms with Crippen molar-refractivity contribution in [2.24, 2.45) is 0 Å². The summed E-state index contributed by atoms with van der Waals surface area (Å²) in [5.74, 6) is -2.65. The highest BCUT2D eigenvalue weighted by Crippen LogP contribution is 1.88. The number of pyridine rings is 1. The Hall–Kier alpha value is -2.11. The molecule has 1 amide bonds. The van der Waals surface area contributed by atoms with Crippen LogP contribution in [-0.4, -0.2) is 22.0 Å². The van der Waals surface area contributed by atoms with Gasteiger partial charge in [0.25, 0.3) is 0 Å². The molecule has 0 aliphatic rings. The molecule has 0 saturated carbocycles. The van der Waals surface area contributed by atoms with E-state index in [9.17, 15) is 14.4 Å². The number of aliphatic carboxylic acids is 1. The van der Waals surface area contributed by atoms with Crippen LogP contribution in [0.15, 0.2) is 23.0 Å². The molecule has 3 N–H and O–H groups in total. The Kier molecular flexibility index (Phi) is 3.01. The van der Waals surface area contributed by atoms with Gasteiger partial charge in [0.05, 0.1) is 6.54 Å². The molecule has 1 aromatic heterocycles. The normalized spacial score (nSPS) is 9.43. The van der Waals surface area contributed by atoms with Crippen LogP contribution in [0.5, 0.6) is 0 Å². The molecule has 0 radical (unpaired) electrons. The second kappa shape index (κ2) is 4.22. The third-order valence-corrected chi connectivity index (χ3v) is 1.46. The molecule has 1 aromatic rings. The van der Waals surface area contributed by atoms with Gasteiger partial charge in [0.2, 0.25) is 5.56 Å². The van der Waals surface area contributed by atoms with E-state index in [1.807, 2.05) is 0 Å². The van der Waals surface area contributed by atoms with Crippen LogP contribution in [0.4, 0.5) is 0 Å². The molecular weight excluding hydrogens is 188 g/mol. The molecule has 6 nitrogen and oxygen atoms in total. The first-order valence-corrected chi connectivity index (χ1v) is 3.79. The van der Waals surface area contributed by atoms with Gasteiger partial charge in [-0.1, -0.05) is 6.07 Å². The lowest BCUT2D eigenvalue weighted by molar-refractivity contribution is -0.150. The maximum Gasteiger partial charge on any atom is 0.394 e. The van der Waals surface area contributed by atoms with E-state index in [0.29, 0.717) is 5.69 Å². The first kappa shape index (κ1) is 9.97. The van der Waals surface area contributed by atoms with Gasteiger partial charge >= 0.3 is 11.9 Å². The van der Waals surface area contributed by atoms with Crippen molar-refractivity contribution in [1.29, 1.82) is 0 Å². The van der Waals surface area contributed by atoms with E-state index in [-0.39, 0.29) is 12.1 Å². The molecule has 0 bridgehead atoms. The van der Waals surface area contributed by atoms with Crippen LogP contribution in [-0.2, 0) is 16.1 Å². The number of hydrogen-bond donors (Lipinski definition) is 3. The molecule has 0 aliphatic heterocycles. The van der Waals surface area contributed by atoms with Gasteiger partial charge in [0.1, 0.15) is 0 Å². The predicted octanol–water partition coefficient (Wildman–Crippen LogP) is -0.924. The average molecular weight is 196 g/mol. The van der Waals surface area contributed by atoms with Gasteiger partial charge < -0.3 is 15.4 Å². The number of carbonyl (C=O) groups excluding carboxylic acids is 1. The van der Waals surface area contributed by atoms with Crippen LogP contribution in [0, 0.1) is 0 Å². The zero-order chi connectivity index (χ0) is 10.6. The average Bonchev–Trinajstić information content (AvgIpc) is 2.14. The third-order valence-electron chi connectivity index (χ3n) is 1.46. The Morgan fingerprint density at radius 1 is 1.43 bits per heavy atom. The van der Waals surface area contributed by atoms with Crippen LogP contribution >= 0.6 is 0 Å². The third kappa shape index (κ3) is 2.74. The van der Waals surface area contributed by atoms with Crippen molar-refractivity contribution in [1.82, 2.24) is 10.3 Å². The number of carboxylic acid groups (broad SMARTS) is 1. The summed E-state index contributed by atoms with van der Waals surface area (Å²) in [5.41, 5.74) is 0.152. The van der Waals surface area contributed by atoms with Crippen LogP contribution in [0.3, 0.4) is 0 Å². The van der Waals surface area contributed by atoms with E-state index in [0.717, 1.165) is 0 Å². The van der Waals surface area contributed by atoms with Crippen molar-refractivity contribution >= 4 is 11.9 Å². The number of H-pyrrole nitrogens is 1. The molecule has 14 heavy (non-hydrogen) atoms. The summed E-state index contributed by atoms with van der Waals surface area (Å²) >= 11 is 0. The largest absolute Gasteiger partial charge is 0.474 e. The number of carboxylic acids is 1. The fourth-order valence-electron chi connectivity index (χ4n) is 0.847. The Labute approximate surface area is 78.6 Å². The van der Waals surface area contributed by atoms with Crippen molar-refractivity contribution in [3.05, 3.63) is 34.2 Å². The Balaban J connectivity index is 2.58. The molecule has 0 atom stereocenters. The smallest absolute Gasteiger partial charge is 0.394 e. The highest BCUT2D eigenvalue weighted by atomic mass is 16.4. The monoisotopic (exact) mass is 196 g/mol. The molecule has 0 saturated heterocycles. The van der Waals surface area contributed by atoms with E-state index >= 15 is 0 Å². The summed E-state index contributed by atoms with van der Waals surface area (Å²) in [5, 5.41) is 10.3. The summed E-state index contributed by atoms with van der Waals surface area (Å²) in [6.45, 7) is -0.0127. The summed E-state index contributed by atoms with van der Waals surface area (Å²) in [4.78, 5) is 33.9. The van der Waals surface area contributed by atoms with E-state index in [1.165, 1.54) is 12.1 Å². The lowest BCUT2D eigenvalue weighted by Gasteiger charge is -2.00. The number of hydrogen-bond acceptors (Lipinski definition) is 3. The van der Waals surface area contributed by atoms with Gasteiger partial charge in [0.15, 0.2) is 0 Å². The molecule has 0 spiro atoms. The second-order valence-electron chi connectivity index (χ2n) is 2.53. The number of nitrogens with one attached hydrogen (secondary N) is 2. The summed E-state index contributed by atoms with van der Waals surface area (Å²) in [7, 11) is 0. The fraction of sp³-hybridized carbons (Fsp3) is 0.125. The SMILES string of the molecule is O=C(O)C(=O)NCc1cccc(=O)[nH]1. The number of aromatic nitrogens is 1. The molecule has 0 aromatic carbocycles. The second-order valence-corrected chi connectivity index (χ2v) is 2.53.